The molecule has 2 aromatic heterocycles. The molecule has 4 heterocycles. The molecular formula is C27H30N6O. The molecule has 0 saturated carbocycles. The lowest BCUT2D eigenvalue weighted by molar-refractivity contribution is 0.306. The summed E-state index contributed by atoms with van der Waals surface area (Å²) in [7, 11) is 0. The van der Waals surface area contributed by atoms with Gasteiger partial charge in [0.05, 0.1) is 35.9 Å². The molecule has 34 heavy (non-hydrogen) atoms. The van der Waals surface area contributed by atoms with E-state index in [-0.39, 0.29) is 0 Å². The standard InChI is InChI=1S/C27H30N6O/c1-3-22(28-13-1)26-30-15-24(32-26)19-7-5-18(6-8-19)17-34-21-11-9-20(10-12-21)25-16-31-27(33-25)23-4-2-14-29-23/h5-12,15-16,22-23,28-29H,1-4,13-14,17H2,(H,30,32)(H,31,33). The summed E-state index contributed by atoms with van der Waals surface area (Å²) in [5.74, 6) is 2.91. The number of hydrogen-bond acceptors (Lipinski definition) is 5. The Labute approximate surface area is 199 Å². The van der Waals surface area contributed by atoms with Crippen molar-refractivity contribution in [1.29, 1.82) is 0 Å². The largest absolute Gasteiger partial charge is 0.489 e. The Kier molecular flexibility index (Phi) is 5.87. The molecular weight excluding hydrogens is 424 g/mol. The van der Waals surface area contributed by atoms with Crippen molar-refractivity contribution in [2.75, 3.05) is 13.1 Å². The summed E-state index contributed by atoms with van der Waals surface area (Å²) in [5.41, 5.74) is 5.47. The molecule has 2 aliphatic rings. The van der Waals surface area contributed by atoms with Crippen molar-refractivity contribution in [3.8, 4) is 28.3 Å². The summed E-state index contributed by atoms with van der Waals surface area (Å²) in [6.45, 7) is 2.67. The Balaban J connectivity index is 1.05. The zero-order chi connectivity index (χ0) is 22.7. The fraction of sp³-hybridized carbons (Fsp3) is 0.333. The summed E-state index contributed by atoms with van der Waals surface area (Å²) in [4.78, 5) is 16.1. The van der Waals surface area contributed by atoms with Crippen LogP contribution in [-0.4, -0.2) is 33.0 Å². The summed E-state index contributed by atoms with van der Waals surface area (Å²) in [5, 5.41) is 6.97. The Morgan fingerprint density at radius 1 is 0.706 bits per heavy atom. The number of rotatable bonds is 7. The van der Waals surface area contributed by atoms with Gasteiger partial charge in [-0.25, -0.2) is 9.97 Å². The third kappa shape index (κ3) is 4.49. The van der Waals surface area contributed by atoms with Gasteiger partial charge in [0.1, 0.15) is 24.0 Å². The number of aromatic amines is 2. The summed E-state index contributed by atoms with van der Waals surface area (Å²) in [6, 6.07) is 17.4. The average Bonchev–Trinajstić information content (AvgIpc) is 3.70. The quantitative estimate of drug-likeness (QED) is 0.319. The van der Waals surface area contributed by atoms with Crippen LogP contribution in [0.3, 0.4) is 0 Å². The average molecular weight is 455 g/mol. The third-order valence-corrected chi connectivity index (χ3v) is 6.81. The van der Waals surface area contributed by atoms with Crippen LogP contribution in [0.1, 0.15) is 55.0 Å². The van der Waals surface area contributed by atoms with Gasteiger partial charge in [0, 0.05) is 0 Å². The second kappa shape index (κ2) is 9.44. The number of benzene rings is 2. The molecule has 4 N–H and O–H groups in total. The van der Waals surface area contributed by atoms with Gasteiger partial charge in [-0.05, 0) is 79.7 Å². The number of imidazole rings is 2. The highest BCUT2D eigenvalue weighted by Gasteiger charge is 2.20. The molecule has 4 aromatic rings. The van der Waals surface area contributed by atoms with Crippen LogP contribution in [0.5, 0.6) is 5.75 Å². The highest BCUT2D eigenvalue weighted by Crippen LogP contribution is 2.27. The van der Waals surface area contributed by atoms with E-state index in [9.17, 15) is 0 Å². The van der Waals surface area contributed by atoms with Crippen molar-refractivity contribution < 1.29 is 4.74 Å². The van der Waals surface area contributed by atoms with E-state index in [1.54, 1.807) is 0 Å². The molecule has 0 radical (unpaired) electrons. The molecule has 2 aliphatic heterocycles. The molecule has 0 amide bonds. The SMILES string of the molecule is c1cc(-c2cnc(C3CCCN3)[nH]2)ccc1COc1ccc(-c2cnc(C3CCCN3)[nH]2)cc1. The minimum absolute atomic E-state index is 0.349. The molecule has 0 bridgehead atoms. The van der Waals surface area contributed by atoms with Crippen LogP contribution in [-0.2, 0) is 6.61 Å². The zero-order valence-electron chi connectivity index (χ0n) is 19.2. The summed E-state index contributed by atoms with van der Waals surface area (Å²) >= 11 is 0. The van der Waals surface area contributed by atoms with Crippen LogP contribution in [0.25, 0.3) is 22.5 Å². The molecule has 2 aromatic carbocycles. The van der Waals surface area contributed by atoms with E-state index in [0.29, 0.717) is 18.7 Å². The van der Waals surface area contributed by atoms with Gasteiger partial charge in [0.2, 0.25) is 0 Å². The number of ether oxygens (including phenoxy) is 1. The Bertz CT molecular complexity index is 1120. The van der Waals surface area contributed by atoms with E-state index in [1.807, 2.05) is 24.5 Å². The van der Waals surface area contributed by atoms with Crippen LogP contribution in [0, 0.1) is 0 Å². The second-order valence-corrected chi connectivity index (χ2v) is 9.17. The zero-order valence-corrected chi connectivity index (χ0v) is 19.2. The number of nitrogens with zero attached hydrogens (tertiary/aromatic N) is 2. The predicted molar refractivity (Wildman–Crippen MR) is 132 cm³/mol. The van der Waals surface area contributed by atoms with E-state index in [0.717, 1.165) is 71.4 Å². The minimum atomic E-state index is 0.349. The predicted octanol–water partition coefficient (Wildman–Crippen LogP) is 4.89. The van der Waals surface area contributed by atoms with Crippen LogP contribution >= 0.6 is 0 Å². The number of aromatic nitrogens is 4. The van der Waals surface area contributed by atoms with E-state index < -0.39 is 0 Å². The number of hydrogen-bond donors (Lipinski definition) is 4. The molecule has 7 heteroatoms. The van der Waals surface area contributed by atoms with Gasteiger partial charge in [-0.3, -0.25) is 0 Å². The van der Waals surface area contributed by atoms with Crippen LogP contribution < -0.4 is 15.4 Å². The summed E-state index contributed by atoms with van der Waals surface area (Å²) < 4.78 is 6.02. The number of H-pyrrole nitrogens is 2. The molecule has 2 saturated heterocycles. The van der Waals surface area contributed by atoms with Gasteiger partial charge in [0.25, 0.3) is 0 Å². The minimum Gasteiger partial charge on any atom is -0.489 e. The number of nitrogens with one attached hydrogen (secondary N) is 4. The maximum Gasteiger partial charge on any atom is 0.123 e. The molecule has 2 unspecified atom stereocenters. The van der Waals surface area contributed by atoms with Crippen molar-refractivity contribution in [3.05, 3.63) is 78.1 Å². The first-order valence-electron chi connectivity index (χ1n) is 12.2. The van der Waals surface area contributed by atoms with Gasteiger partial charge in [-0.15, -0.1) is 0 Å². The lowest BCUT2D eigenvalue weighted by Crippen LogP contribution is -2.14. The van der Waals surface area contributed by atoms with E-state index in [1.165, 1.54) is 12.8 Å². The molecule has 7 nitrogen and oxygen atoms in total. The van der Waals surface area contributed by atoms with E-state index in [2.05, 4.69) is 67.0 Å². The summed E-state index contributed by atoms with van der Waals surface area (Å²) in [6.07, 6.45) is 8.54. The first kappa shape index (κ1) is 21.1. The van der Waals surface area contributed by atoms with Gasteiger partial charge in [0.15, 0.2) is 0 Å². The highest BCUT2D eigenvalue weighted by molar-refractivity contribution is 5.60. The van der Waals surface area contributed by atoms with Gasteiger partial charge >= 0.3 is 0 Å². The Morgan fingerprint density at radius 2 is 1.24 bits per heavy atom. The normalized spacial score (nSPS) is 20.1. The molecule has 0 spiro atoms. The van der Waals surface area contributed by atoms with Crippen molar-refractivity contribution >= 4 is 0 Å². The Morgan fingerprint density at radius 3 is 1.74 bits per heavy atom. The molecule has 2 fully saturated rings. The third-order valence-electron chi connectivity index (χ3n) is 6.81. The van der Waals surface area contributed by atoms with Crippen molar-refractivity contribution in [1.82, 2.24) is 30.6 Å². The monoisotopic (exact) mass is 454 g/mol. The van der Waals surface area contributed by atoms with Crippen LogP contribution in [0.15, 0.2) is 60.9 Å². The van der Waals surface area contributed by atoms with E-state index >= 15 is 0 Å². The molecule has 2 atom stereocenters. The van der Waals surface area contributed by atoms with Crippen LogP contribution in [0.4, 0.5) is 0 Å². The lowest BCUT2D eigenvalue weighted by Gasteiger charge is -2.08. The molecule has 174 valence electrons. The lowest BCUT2D eigenvalue weighted by atomic mass is 10.1. The Hall–Kier alpha value is -3.42. The topological polar surface area (TPSA) is 90.7 Å². The van der Waals surface area contributed by atoms with Crippen molar-refractivity contribution in [2.24, 2.45) is 0 Å². The van der Waals surface area contributed by atoms with Crippen molar-refractivity contribution in [3.63, 3.8) is 0 Å². The maximum atomic E-state index is 6.02. The second-order valence-electron chi connectivity index (χ2n) is 9.17. The fourth-order valence-corrected chi connectivity index (χ4v) is 4.83. The maximum absolute atomic E-state index is 6.02. The van der Waals surface area contributed by atoms with Crippen molar-refractivity contribution in [2.45, 2.75) is 44.4 Å². The van der Waals surface area contributed by atoms with Gasteiger partial charge in [-0.1, -0.05) is 24.3 Å². The first-order valence-corrected chi connectivity index (χ1v) is 12.2. The molecule has 6 rings (SSSR count). The molecule has 0 aliphatic carbocycles. The first-order chi connectivity index (χ1) is 16.8. The van der Waals surface area contributed by atoms with Gasteiger partial charge < -0.3 is 25.3 Å². The smallest absolute Gasteiger partial charge is 0.123 e. The van der Waals surface area contributed by atoms with E-state index in [4.69, 9.17) is 4.74 Å². The van der Waals surface area contributed by atoms with Gasteiger partial charge in [-0.2, -0.15) is 0 Å². The highest BCUT2D eigenvalue weighted by atomic mass is 16.5. The fourth-order valence-electron chi connectivity index (χ4n) is 4.83. The van der Waals surface area contributed by atoms with Crippen LogP contribution in [0.2, 0.25) is 0 Å².